The van der Waals surface area contributed by atoms with Crippen LogP contribution in [0.5, 0.6) is 0 Å². The van der Waals surface area contributed by atoms with Gasteiger partial charge in [0.1, 0.15) is 5.60 Å². The third-order valence-electron chi connectivity index (χ3n) is 3.00. The molecule has 20 heavy (non-hydrogen) atoms. The first-order valence-electron chi connectivity index (χ1n) is 7.07. The molecule has 1 aromatic carbocycles. The van der Waals surface area contributed by atoms with Crippen LogP contribution >= 0.6 is 0 Å². The van der Waals surface area contributed by atoms with Gasteiger partial charge >= 0.3 is 6.09 Å². The van der Waals surface area contributed by atoms with Gasteiger partial charge in [-0.05, 0) is 46.1 Å². The van der Waals surface area contributed by atoms with Gasteiger partial charge in [-0.25, -0.2) is 4.79 Å². The molecule has 0 radical (unpaired) electrons. The molecule has 0 fully saturated rings. The molecule has 2 atom stereocenters. The number of carbonyl (C=O) groups is 1. The summed E-state index contributed by atoms with van der Waals surface area (Å²) in [6.07, 6.45) is 1.31. The number of ether oxygens (including phenoxy) is 1. The molecule has 4 nitrogen and oxygen atoms in total. The standard InChI is InChI=1S/C16H26N2O2/c1-12(18-15(19)20-16(2,3)4)14(17)11-10-13-8-6-5-7-9-13/h5-9,12,14H,10-11,17H2,1-4H3,(H,18,19). The zero-order valence-electron chi connectivity index (χ0n) is 12.8. The SMILES string of the molecule is CC(NC(=O)OC(C)(C)C)C(N)CCc1ccccc1. The van der Waals surface area contributed by atoms with Crippen molar-refractivity contribution in [2.75, 3.05) is 0 Å². The van der Waals surface area contributed by atoms with Crippen LogP contribution < -0.4 is 11.1 Å². The molecule has 0 aliphatic rings. The van der Waals surface area contributed by atoms with Crippen molar-refractivity contribution in [1.82, 2.24) is 5.32 Å². The van der Waals surface area contributed by atoms with Crippen molar-refractivity contribution in [1.29, 1.82) is 0 Å². The number of hydrogen-bond donors (Lipinski definition) is 2. The monoisotopic (exact) mass is 278 g/mol. The highest BCUT2D eigenvalue weighted by Gasteiger charge is 2.20. The lowest BCUT2D eigenvalue weighted by Crippen LogP contribution is -2.47. The van der Waals surface area contributed by atoms with Crippen LogP contribution in [0.25, 0.3) is 0 Å². The number of amides is 1. The quantitative estimate of drug-likeness (QED) is 0.870. The lowest BCUT2D eigenvalue weighted by molar-refractivity contribution is 0.0501. The number of nitrogens with two attached hydrogens (primary N) is 1. The summed E-state index contributed by atoms with van der Waals surface area (Å²) < 4.78 is 5.22. The molecule has 0 saturated carbocycles. The Morgan fingerprint density at radius 1 is 1.30 bits per heavy atom. The molecule has 0 aromatic heterocycles. The first-order chi connectivity index (χ1) is 9.28. The third-order valence-corrected chi connectivity index (χ3v) is 3.00. The topological polar surface area (TPSA) is 64.3 Å². The van der Waals surface area contributed by atoms with Gasteiger partial charge < -0.3 is 15.8 Å². The van der Waals surface area contributed by atoms with Crippen molar-refractivity contribution in [2.24, 2.45) is 5.73 Å². The molecule has 1 amide bonds. The van der Waals surface area contributed by atoms with Crippen LogP contribution in [-0.2, 0) is 11.2 Å². The first-order valence-corrected chi connectivity index (χ1v) is 7.07. The summed E-state index contributed by atoms with van der Waals surface area (Å²) in [5.74, 6) is 0. The molecule has 0 saturated heterocycles. The van der Waals surface area contributed by atoms with Gasteiger partial charge in [0.2, 0.25) is 0 Å². The maximum absolute atomic E-state index is 11.7. The molecule has 3 N–H and O–H groups in total. The summed E-state index contributed by atoms with van der Waals surface area (Å²) in [6, 6.07) is 9.98. The Bertz CT molecular complexity index is 412. The molecule has 1 rings (SSSR count). The Kier molecular flexibility index (Phi) is 6.02. The van der Waals surface area contributed by atoms with Crippen LogP contribution in [-0.4, -0.2) is 23.8 Å². The van der Waals surface area contributed by atoms with E-state index in [9.17, 15) is 4.79 Å². The van der Waals surface area contributed by atoms with Crippen LogP contribution in [0.3, 0.4) is 0 Å². The molecule has 1 aromatic rings. The van der Waals surface area contributed by atoms with Gasteiger partial charge in [-0.1, -0.05) is 30.3 Å². The summed E-state index contributed by atoms with van der Waals surface area (Å²) in [5.41, 5.74) is 6.88. The molecular weight excluding hydrogens is 252 g/mol. The van der Waals surface area contributed by atoms with Gasteiger partial charge in [-0.2, -0.15) is 0 Å². The number of nitrogens with one attached hydrogen (secondary N) is 1. The van der Waals surface area contributed by atoms with E-state index in [1.54, 1.807) is 0 Å². The predicted octanol–water partition coefficient (Wildman–Crippen LogP) is 2.86. The highest BCUT2D eigenvalue weighted by molar-refractivity contribution is 5.68. The fourth-order valence-electron chi connectivity index (χ4n) is 1.83. The van der Waals surface area contributed by atoms with E-state index in [1.165, 1.54) is 5.56 Å². The Morgan fingerprint density at radius 3 is 2.45 bits per heavy atom. The number of benzene rings is 1. The molecule has 0 aliphatic heterocycles. The van der Waals surface area contributed by atoms with E-state index >= 15 is 0 Å². The lowest BCUT2D eigenvalue weighted by Gasteiger charge is -2.24. The third kappa shape index (κ3) is 6.57. The number of aryl methyl sites for hydroxylation is 1. The molecule has 0 aliphatic carbocycles. The summed E-state index contributed by atoms with van der Waals surface area (Å²) in [4.78, 5) is 11.7. The Morgan fingerprint density at radius 2 is 1.90 bits per heavy atom. The van der Waals surface area contributed by atoms with Crippen LogP contribution in [0, 0.1) is 0 Å². The minimum atomic E-state index is -0.488. The average molecular weight is 278 g/mol. The Hall–Kier alpha value is -1.55. The van der Waals surface area contributed by atoms with Gasteiger partial charge in [-0.3, -0.25) is 0 Å². The smallest absolute Gasteiger partial charge is 0.407 e. The molecule has 112 valence electrons. The lowest BCUT2D eigenvalue weighted by atomic mass is 10.0. The average Bonchev–Trinajstić information content (AvgIpc) is 2.34. The second-order valence-electron chi connectivity index (χ2n) is 6.12. The van der Waals surface area contributed by atoms with Crippen molar-refractivity contribution >= 4 is 6.09 Å². The van der Waals surface area contributed by atoms with E-state index in [2.05, 4.69) is 17.4 Å². The number of carbonyl (C=O) groups excluding carboxylic acids is 1. The van der Waals surface area contributed by atoms with Crippen molar-refractivity contribution in [2.45, 2.75) is 58.2 Å². The summed E-state index contributed by atoms with van der Waals surface area (Å²) in [6.45, 7) is 7.42. The Balaban J connectivity index is 2.35. The summed E-state index contributed by atoms with van der Waals surface area (Å²) >= 11 is 0. The van der Waals surface area contributed by atoms with Crippen LogP contribution in [0.1, 0.15) is 39.7 Å². The second-order valence-corrected chi connectivity index (χ2v) is 6.12. The van der Waals surface area contributed by atoms with E-state index < -0.39 is 11.7 Å². The summed E-state index contributed by atoms with van der Waals surface area (Å²) in [5, 5.41) is 2.79. The van der Waals surface area contributed by atoms with Crippen molar-refractivity contribution in [3.63, 3.8) is 0 Å². The fraction of sp³-hybridized carbons (Fsp3) is 0.562. The van der Waals surface area contributed by atoms with E-state index in [0.717, 1.165) is 12.8 Å². The van der Waals surface area contributed by atoms with Crippen molar-refractivity contribution < 1.29 is 9.53 Å². The highest BCUT2D eigenvalue weighted by Crippen LogP contribution is 2.09. The maximum atomic E-state index is 11.7. The van der Waals surface area contributed by atoms with Gasteiger partial charge in [0.15, 0.2) is 0 Å². The molecule has 0 heterocycles. The number of hydrogen-bond acceptors (Lipinski definition) is 3. The Labute approximate surface area is 121 Å². The first kappa shape index (κ1) is 16.5. The fourth-order valence-corrected chi connectivity index (χ4v) is 1.83. The molecule has 2 unspecified atom stereocenters. The number of alkyl carbamates (subject to hydrolysis) is 1. The van der Waals surface area contributed by atoms with Gasteiger partial charge in [0, 0.05) is 12.1 Å². The molecule has 0 bridgehead atoms. The maximum Gasteiger partial charge on any atom is 0.407 e. The van der Waals surface area contributed by atoms with E-state index in [4.69, 9.17) is 10.5 Å². The van der Waals surface area contributed by atoms with Crippen LogP contribution in [0.4, 0.5) is 4.79 Å². The minimum Gasteiger partial charge on any atom is -0.444 e. The normalized spacial score (nSPS) is 14.4. The van der Waals surface area contributed by atoms with Crippen LogP contribution in [0.2, 0.25) is 0 Å². The second kappa shape index (κ2) is 7.29. The van der Waals surface area contributed by atoms with Crippen LogP contribution in [0.15, 0.2) is 30.3 Å². The van der Waals surface area contributed by atoms with E-state index in [0.29, 0.717) is 0 Å². The number of rotatable bonds is 5. The summed E-state index contributed by atoms with van der Waals surface area (Å²) in [7, 11) is 0. The van der Waals surface area contributed by atoms with Gasteiger partial charge in [0.05, 0.1) is 0 Å². The van der Waals surface area contributed by atoms with Crippen molar-refractivity contribution in [3.8, 4) is 0 Å². The van der Waals surface area contributed by atoms with Gasteiger partial charge in [-0.15, -0.1) is 0 Å². The molecule has 4 heteroatoms. The van der Waals surface area contributed by atoms with E-state index in [-0.39, 0.29) is 12.1 Å². The van der Waals surface area contributed by atoms with Crippen molar-refractivity contribution in [3.05, 3.63) is 35.9 Å². The minimum absolute atomic E-state index is 0.0947. The van der Waals surface area contributed by atoms with E-state index in [1.807, 2.05) is 45.9 Å². The largest absolute Gasteiger partial charge is 0.444 e. The van der Waals surface area contributed by atoms with Gasteiger partial charge in [0.25, 0.3) is 0 Å². The zero-order valence-corrected chi connectivity index (χ0v) is 12.8. The molecule has 0 spiro atoms. The highest BCUT2D eigenvalue weighted by atomic mass is 16.6. The predicted molar refractivity (Wildman–Crippen MR) is 81.6 cm³/mol. The zero-order chi connectivity index (χ0) is 15.2. The molecular formula is C16H26N2O2.